The molecule has 7 heteroatoms. The first kappa shape index (κ1) is 19.1. The van der Waals surface area contributed by atoms with E-state index in [1.54, 1.807) is 18.3 Å². The molecule has 0 unspecified atom stereocenters. The molecule has 1 aliphatic heterocycles. The van der Waals surface area contributed by atoms with Crippen LogP contribution < -0.4 is 10.2 Å². The van der Waals surface area contributed by atoms with Gasteiger partial charge in [-0.2, -0.15) is 5.10 Å². The molecule has 3 heterocycles. The van der Waals surface area contributed by atoms with Crippen LogP contribution >= 0.6 is 0 Å². The first-order valence-electron chi connectivity index (χ1n) is 9.89. The average molecular weight is 393 g/mol. The van der Waals surface area contributed by atoms with Gasteiger partial charge < -0.3 is 10.2 Å². The number of pyridine rings is 1. The number of hydrogen-bond donors (Lipinski definition) is 2. The Balaban J connectivity index is 1.23. The molecule has 0 saturated carbocycles. The SMILES string of the molecule is O=C(Cc1cccc(F)c1)NCC1CCN(c2cc(-c3cccnc3)[nH]n2)CC1. The number of nitrogens with zero attached hydrogens (tertiary/aromatic N) is 3. The minimum atomic E-state index is -0.312. The molecular weight excluding hydrogens is 369 g/mol. The molecular formula is C22H24FN5O. The van der Waals surface area contributed by atoms with Gasteiger partial charge in [0.25, 0.3) is 0 Å². The van der Waals surface area contributed by atoms with Gasteiger partial charge in [-0.05, 0) is 48.6 Å². The maximum Gasteiger partial charge on any atom is 0.224 e. The smallest absolute Gasteiger partial charge is 0.224 e. The number of hydrogen-bond acceptors (Lipinski definition) is 4. The van der Waals surface area contributed by atoms with Gasteiger partial charge in [0.2, 0.25) is 5.91 Å². The summed E-state index contributed by atoms with van der Waals surface area (Å²) in [6, 6.07) is 12.1. The zero-order valence-electron chi connectivity index (χ0n) is 16.1. The third kappa shape index (κ3) is 4.99. The van der Waals surface area contributed by atoms with E-state index in [1.165, 1.54) is 12.1 Å². The molecule has 2 N–H and O–H groups in total. The third-order valence-electron chi connectivity index (χ3n) is 5.32. The van der Waals surface area contributed by atoms with Crippen molar-refractivity contribution in [1.82, 2.24) is 20.5 Å². The van der Waals surface area contributed by atoms with Gasteiger partial charge in [0.05, 0.1) is 12.1 Å². The summed E-state index contributed by atoms with van der Waals surface area (Å²) < 4.78 is 13.2. The Bertz CT molecular complexity index is 951. The molecule has 29 heavy (non-hydrogen) atoms. The molecule has 0 aliphatic carbocycles. The summed E-state index contributed by atoms with van der Waals surface area (Å²) >= 11 is 0. The highest BCUT2D eigenvalue weighted by Crippen LogP contribution is 2.25. The van der Waals surface area contributed by atoms with Gasteiger partial charge in [0, 0.05) is 43.7 Å². The minimum Gasteiger partial charge on any atom is -0.356 e. The maximum absolute atomic E-state index is 13.2. The minimum absolute atomic E-state index is 0.0635. The highest BCUT2D eigenvalue weighted by molar-refractivity contribution is 5.78. The van der Waals surface area contributed by atoms with Crippen LogP contribution in [-0.2, 0) is 11.2 Å². The van der Waals surface area contributed by atoms with Gasteiger partial charge in [-0.3, -0.25) is 14.9 Å². The number of halogens is 1. The summed E-state index contributed by atoms with van der Waals surface area (Å²) in [6.45, 7) is 2.47. The Morgan fingerprint density at radius 1 is 1.21 bits per heavy atom. The summed E-state index contributed by atoms with van der Waals surface area (Å²) in [6.07, 6.45) is 5.77. The van der Waals surface area contributed by atoms with Crippen LogP contribution in [0.2, 0.25) is 0 Å². The summed E-state index contributed by atoms with van der Waals surface area (Å²) in [7, 11) is 0. The summed E-state index contributed by atoms with van der Waals surface area (Å²) in [5.74, 6) is 1.01. The van der Waals surface area contributed by atoms with E-state index in [2.05, 4.69) is 31.5 Å². The van der Waals surface area contributed by atoms with Gasteiger partial charge in [0.1, 0.15) is 5.82 Å². The van der Waals surface area contributed by atoms with Gasteiger partial charge in [-0.15, -0.1) is 0 Å². The number of aromatic nitrogens is 3. The van der Waals surface area contributed by atoms with Crippen molar-refractivity contribution < 1.29 is 9.18 Å². The van der Waals surface area contributed by atoms with E-state index in [1.807, 2.05) is 18.3 Å². The quantitative estimate of drug-likeness (QED) is 0.675. The van der Waals surface area contributed by atoms with Crippen LogP contribution in [0.3, 0.4) is 0 Å². The van der Waals surface area contributed by atoms with Crippen molar-refractivity contribution in [2.75, 3.05) is 24.5 Å². The van der Waals surface area contributed by atoms with Crippen LogP contribution in [0.15, 0.2) is 54.9 Å². The van der Waals surface area contributed by atoms with Crippen molar-refractivity contribution >= 4 is 11.7 Å². The summed E-state index contributed by atoms with van der Waals surface area (Å²) in [5.41, 5.74) is 2.67. The zero-order valence-corrected chi connectivity index (χ0v) is 16.1. The lowest BCUT2D eigenvalue weighted by atomic mass is 9.96. The van der Waals surface area contributed by atoms with E-state index < -0.39 is 0 Å². The second-order valence-electron chi connectivity index (χ2n) is 7.42. The topological polar surface area (TPSA) is 73.9 Å². The molecule has 1 amide bonds. The molecule has 6 nitrogen and oxygen atoms in total. The van der Waals surface area contributed by atoms with Crippen LogP contribution in [0.4, 0.5) is 10.2 Å². The lowest BCUT2D eigenvalue weighted by Crippen LogP contribution is -2.39. The highest BCUT2D eigenvalue weighted by Gasteiger charge is 2.21. The number of anilines is 1. The van der Waals surface area contributed by atoms with Gasteiger partial charge >= 0.3 is 0 Å². The largest absolute Gasteiger partial charge is 0.356 e. The average Bonchev–Trinajstić information content (AvgIpc) is 3.24. The molecule has 0 atom stereocenters. The normalized spacial score (nSPS) is 14.7. The van der Waals surface area contributed by atoms with E-state index in [-0.39, 0.29) is 18.1 Å². The van der Waals surface area contributed by atoms with Crippen LogP contribution in [0, 0.1) is 11.7 Å². The molecule has 3 aromatic rings. The first-order chi connectivity index (χ1) is 14.2. The Morgan fingerprint density at radius 3 is 2.83 bits per heavy atom. The third-order valence-corrected chi connectivity index (χ3v) is 5.32. The highest BCUT2D eigenvalue weighted by atomic mass is 19.1. The van der Waals surface area contributed by atoms with Crippen LogP contribution in [0.5, 0.6) is 0 Å². The van der Waals surface area contributed by atoms with Gasteiger partial charge in [0.15, 0.2) is 5.82 Å². The van der Waals surface area contributed by atoms with Crippen molar-refractivity contribution in [3.63, 3.8) is 0 Å². The Hall–Kier alpha value is -3.22. The fourth-order valence-electron chi connectivity index (χ4n) is 3.66. The number of amides is 1. The van der Waals surface area contributed by atoms with E-state index >= 15 is 0 Å². The number of rotatable bonds is 6. The fourth-order valence-corrected chi connectivity index (χ4v) is 3.66. The number of H-pyrrole nitrogens is 1. The van der Waals surface area contributed by atoms with Crippen molar-refractivity contribution in [2.24, 2.45) is 5.92 Å². The second kappa shape index (κ2) is 8.86. The molecule has 0 spiro atoms. The lowest BCUT2D eigenvalue weighted by Gasteiger charge is -2.32. The number of carbonyl (C=O) groups is 1. The van der Waals surface area contributed by atoms with Crippen molar-refractivity contribution in [2.45, 2.75) is 19.3 Å². The predicted molar refractivity (Wildman–Crippen MR) is 110 cm³/mol. The van der Waals surface area contributed by atoms with Gasteiger partial charge in [-0.1, -0.05) is 12.1 Å². The number of benzene rings is 1. The standard InChI is InChI=1S/C22H24FN5O/c23-19-5-1-3-17(11-19)12-22(29)25-14-16-6-9-28(10-7-16)21-13-20(26-27-21)18-4-2-8-24-15-18/h1-5,8,11,13,15-16H,6-7,9-10,12,14H2,(H,25,29)(H,26,27). The monoisotopic (exact) mass is 393 g/mol. The van der Waals surface area contributed by atoms with E-state index in [0.717, 1.165) is 43.0 Å². The number of nitrogens with one attached hydrogen (secondary N) is 2. The maximum atomic E-state index is 13.2. The fraction of sp³-hybridized carbons (Fsp3) is 0.318. The van der Waals surface area contributed by atoms with Crippen molar-refractivity contribution in [1.29, 1.82) is 0 Å². The van der Waals surface area contributed by atoms with Crippen molar-refractivity contribution in [3.8, 4) is 11.3 Å². The molecule has 1 aliphatic rings. The molecule has 150 valence electrons. The lowest BCUT2D eigenvalue weighted by molar-refractivity contribution is -0.120. The summed E-state index contributed by atoms with van der Waals surface area (Å²) in [4.78, 5) is 18.5. The second-order valence-corrected chi connectivity index (χ2v) is 7.42. The van der Waals surface area contributed by atoms with Crippen molar-refractivity contribution in [3.05, 3.63) is 66.2 Å². The number of aromatic amines is 1. The van der Waals surface area contributed by atoms with E-state index in [4.69, 9.17) is 0 Å². The first-order valence-corrected chi connectivity index (χ1v) is 9.89. The molecule has 1 fully saturated rings. The molecule has 0 radical (unpaired) electrons. The van der Waals surface area contributed by atoms with E-state index in [9.17, 15) is 9.18 Å². The molecule has 1 saturated heterocycles. The molecule has 2 aromatic heterocycles. The molecule has 1 aromatic carbocycles. The Kier molecular flexibility index (Phi) is 5.84. The zero-order chi connectivity index (χ0) is 20.1. The van der Waals surface area contributed by atoms with E-state index in [0.29, 0.717) is 18.0 Å². The van der Waals surface area contributed by atoms with Crippen LogP contribution in [0.25, 0.3) is 11.3 Å². The number of piperidine rings is 1. The Morgan fingerprint density at radius 2 is 2.07 bits per heavy atom. The van der Waals surface area contributed by atoms with Crippen LogP contribution in [0.1, 0.15) is 18.4 Å². The molecule has 0 bridgehead atoms. The van der Waals surface area contributed by atoms with Crippen LogP contribution in [-0.4, -0.2) is 40.7 Å². The predicted octanol–water partition coefficient (Wildman–Crippen LogP) is 3.19. The Labute approximate surface area is 169 Å². The molecule has 4 rings (SSSR count). The number of carbonyl (C=O) groups excluding carboxylic acids is 1. The van der Waals surface area contributed by atoms with Gasteiger partial charge in [-0.25, -0.2) is 4.39 Å². The summed E-state index contributed by atoms with van der Waals surface area (Å²) in [5, 5.41) is 10.5.